The van der Waals surface area contributed by atoms with Gasteiger partial charge in [0.2, 0.25) is 5.91 Å². The first-order chi connectivity index (χ1) is 24.5. The highest BCUT2D eigenvalue weighted by Crippen LogP contribution is 2.12. The number of ether oxygens (including phenoxy) is 1. The molecule has 0 bridgehead atoms. The highest BCUT2D eigenvalue weighted by atomic mass is 16.5. The number of carbonyl (C=O) groups is 2. The average molecular weight is 704 g/mol. The van der Waals surface area contributed by atoms with Crippen molar-refractivity contribution < 1.29 is 24.5 Å². The van der Waals surface area contributed by atoms with Crippen molar-refractivity contribution in [2.75, 3.05) is 13.2 Å². The summed E-state index contributed by atoms with van der Waals surface area (Å²) in [6.07, 6.45) is 45.6. The van der Waals surface area contributed by atoms with E-state index in [1.807, 2.05) is 6.08 Å². The minimum Gasteiger partial charge on any atom is -0.466 e. The number of rotatable bonds is 38. The number of hydrogen-bond donors (Lipinski definition) is 3. The molecule has 6 heteroatoms. The average Bonchev–Trinajstić information content (AvgIpc) is 3.11. The highest BCUT2D eigenvalue weighted by Gasteiger charge is 2.17. The number of aliphatic hydroxyl groups is 2. The van der Waals surface area contributed by atoms with Gasteiger partial charge < -0.3 is 20.3 Å². The van der Waals surface area contributed by atoms with Crippen LogP contribution in [0.3, 0.4) is 0 Å². The zero-order valence-electron chi connectivity index (χ0n) is 32.9. The largest absolute Gasteiger partial charge is 0.466 e. The first-order valence-corrected chi connectivity index (χ1v) is 21.3. The minimum atomic E-state index is -0.860. The Morgan fingerprint density at radius 1 is 0.540 bits per heavy atom. The summed E-state index contributed by atoms with van der Waals surface area (Å²) >= 11 is 0. The van der Waals surface area contributed by atoms with Crippen molar-refractivity contribution in [2.24, 2.45) is 0 Å². The molecule has 0 radical (unpaired) electrons. The molecule has 0 aromatic heterocycles. The number of nitrogens with one attached hydrogen (secondary N) is 1. The molecular weight excluding hydrogens is 622 g/mol. The molecule has 6 nitrogen and oxygen atoms in total. The van der Waals surface area contributed by atoms with Gasteiger partial charge >= 0.3 is 5.97 Å². The predicted molar refractivity (Wildman–Crippen MR) is 213 cm³/mol. The van der Waals surface area contributed by atoms with Crippen molar-refractivity contribution in [2.45, 2.75) is 219 Å². The molecule has 0 aromatic carbocycles. The van der Waals surface area contributed by atoms with Crippen LogP contribution in [0.2, 0.25) is 0 Å². The lowest BCUT2D eigenvalue weighted by molar-refractivity contribution is -0.143. The van der Waals surface area contributed by atoms with E-state index in [0.717, 1.165) is 83.5 Å². The number of unbranched alkanes of at least 4 members (excludes halogenated alkanes) is 23. The van der Waals surface area contributed by atoms with Gasteiger partial charge in [-0.25, -0.2) is 0 Å². The van der Waals surface area contributed by atoms with Gasteiger partial charge in [0, 0.05) is 12.8 Å². The summed E-state index contributed by atoms with van der Waals surface area (Å²) in [6.45, 7) is 4.75. The molecule has 1 amide bonds. The molecule has 0 aliphatic heterocycles. The Bertz CT molecular complexity index is 823. The van der Waals surface area contributed by atoms with Crippen LogP contribution < -0.4 is 5.32 Å². The van der Waals surface area contributed by atoms with Crippen molar-refractivity contribution in [3.05, 3.63) is 36.5 Å². The molecule has 3 N–H and O–H groups in total. The maximum Gasteiger partial charge on any atom is 0.305 e. The lowest BCUT2D eigenvalue weighted by atomic mass is 10.1. The zero-order chi connectivity index (χ0) is 36.6. The molecule has 292 valence electrons. The molecule has 2 atom stereocenters. The Labute approximate surface area is 309 Å². The number of aliphatic hydroxyl groups excluding tert-OH is 2. The zero-order valence-corrected chi connectivity index (χ0v) is 32.9. The van der Waals surface area contributed by atoms with Crippen molar-refractivity contribution in [1.82, 2.24) is 5.32 Å². The fourth-order valence-corrected chi connectivity index (χ4v) is 6.03. The van der Waals surface area contributed by atoms with Crippen LogP contribution in [0.25, 0.3) is 0 Å². The van der Waals surface area contributed by atoms with Crippen molar-refractivity contribution in [1.29, 1.82) is 0 Å². The fourth-order valence-electron chi connectivity index (χ4n) is 6.03. The van der Waals surface area contributed by atoms with Gasteiger partial charge in [-0.1, -0.05) is 147 Å². The maximum atomic E-state index is 12.3. The standard InChI is InChI=1S/C44H81NO5/c1-3-5-7-9-11-13-14-15-18-22-26-30-34-38-44(49)50-39-35-31-27-23-19-16-17-21-25-29-33-37-43(48)45-41(40-46)42(47)36-32-28-24-20-12-10-8-6-4-2/h13-14,19,23,32,36,41-42,46-47H,3-12,15-18,20-22,24-31,33-35,37-40H2,1-2H3,(H,45,48)/b14-13-,23-19-,36-32+. The molecule has 2 unspecified atom stereocenters. The van der Waals surface area contributed by atoms with E-state index in [-0.39, 0.29) is 18.5 Å². The second kappa shape index (κ2) is 39.9. The van der Waals surface area contributed by atoms with Crippen LogP contribution in [-0.2, 0) is 14.3 Å². The number of esters is 1. The van der Waals surface area contributed by atoms with E-state index in [2.05, 4.69) is 43.5 Å². The Balaban J connectivity index is 3.57. The molecule has 0 saturated carbocycles. The normalized spacial score (nSPS) is 13.1. The van der Waals surface area contributed by atoms with Crippen LogP contribution in [-0.4, -0.2) is 47.4 Å². The molecule has 0 fully saturated rings. The Hall–Kier alpha value is -1.92. The molecule has 0 spiro atoms. The fraction of sp³-hybridized carbons (Fsp3) is 0.818. The number of allylic oxidation sites excluding steroid dienone is 5. The summed E-state index contributed by atoms with van der Waals surface area (Å²) in [6, 6.07) is -0.646. The lowest BCUT2D eigenvalue weighted by Crippen LogP contribution is -2.45. The van der Waals surface area contributed by atoms with Gasteiger partial charge in [-0.3, -0.25) is 9.59 Å². The molecule has 0 aliphatic rings. The van der Waals surface area contributed by atoms with Gasteiger partial charge in [0.25, 0.3) is 0 Å². The molecule has 0 aromatic rings. The third-order valence-electron chi connectivity index (χ3n) is 9.38. The minimum absolute atomic E-state index is 0.0441. The maximum absolute atomic E-state index is 12.3. The van der Waals surface area contributed by atoms with E-state index in [0.29, 0.717) is 19.4 Å². The van der Waals surface area contributed by atoms with Crippen molar-refractivity contribution in [3.8, 4) is 0 Å². The summed E-state index contributed by atoms with van der Waals surface area (Å²) in [7, 11) is 0. The van der Waals surface area contributed by atoms with Crippen LogP contribution in [0.4, 0.5) is 0 Å². The third kappa shape index (κ3) is 35.9. The van der Waals surface area contributed by atoms with E-state index in [9.17, 15) is 19.8 Å². The second-order valence-electron chi connectivity index (χ2n) is 14.3. The number of carbonyl (C=O) groups excluding carboxylic acids is 2. The van der Waals surface area contributed by atoms with Gasteiger partial charge in [-0.15, -0.1) is 0 Å². The van der Waals surface area contributed by atoms with Crippen molar-refractivity contribution >= 4 is 11.9 Å². The summed E-state index contributed by atoms with van der Waals surface area (Å²) in [5.41, 5.74) is 0. The molecule has 0 heterocycles. The summed E-state index contributed by atoms with van der Waals surface area (Å²) in [5, 5.41) is 22.8. The molecule has 0 rings (SSSR count). The lowest BCUT2D eigenvalue weighted by Gasteiger charge is -2.20. The van der Waals surface area contributed by atoms with Gasteiger partial charge in [0.05, 0.1) is 25.4 Å². The number of amides is 1. The van der Waals surface area contributed by atoms with Crippen LogP contribution in [0.1, 0.15) is 206 Å². The van der Waals surface area contributed by atoms with Gasteiger partial charge in [-0.05, 0) is 83.5 Å². The third-order valence-corrected chi connectivity index (χ3v) is 9.38. The Morgan fingerprint density at radius 3 is 1.44 bits per heavy atom. The van der Waals surface area contributed by atoms with E-state index in [1.165, 1.54) is 96.3 Å². The van der Waals surface area contributed by atoms with Crippen LogP contribution >= 0.6 is 0 Å². The van der Waals surface area contributed by atoms with Crippen LogP contribution in [0.5, 0.6) is 0 Å². The highest BCUT2D eigenvalue weighted by molar-refractivity contribution is 5.76. The summed E-state index contributed by atoms with van der Waals surface area (Å²) < 4.78 is 5.40. The SMILES string of the molecule is CCCCCC/C=C\CCCCCCCC(=O)OCCCC/C=C\CCCCCCCC(=O)NC(CO)C(O)/C=C/CCCCCCCCC. The quantitative estimate of drug-likeness (QED) is 0.0338. The monoisotopic (exact) mass is 704 g/mol. The van der Waals surface area contributed by atoms with Gasteiger partial charge in [0.15, 0.2) is 0 Å². The topological polar surface area (TPSA) is 95.9 Å². The molecule has 0 aliphatic carbocycles. The summed E-state index contributed by atoms with van der Waals surface area (Å²) in [4.78, 5) is 24.3. The van der Waals surface area contributed by atoms with E-state index in [4.69, 9.17) is 4.74 Å². The first kappa shape index (κ1) is 48.1. The van der Waals surface area contributed by atoms with Crippen LogP contribution in [0, 0.1) is 0 Å². The molecule has 0 saturated heterocycles. The Morgan fingerprint density at radius 2 is 0.940 bits per heavy atom. The van der Waals surface area contributed by atoms with Crippen molar-refractivity contribution in [3.63, 3.8) is 0 Å². The first-order valence-electron chi connectivity index (χ1n) is 21.3. The van der Waals surface area contributed by atoms with E-state index >= 15 is 0 Å². The second-order valence-corrected chi connectivity index (χ2v) is 14.3. The van der Waals surface area contributed by atoms with E-state index < -0.39 is 12.1 Å². The Kier molecular flexibility index (Phi) is 38.3. The van der Waals surface area contributed by atoms with E-state index in [1.54, 1.807) is 6.08 Å². The molecular formula is C44H81NO5. The van der Waals surface area contributed by atoms with Crippen LogP contribution in [0.15, 0.2) is 36.5 Å². The van der Waals surface area contributed by atoms with Gasteiger partial charge in [-0.2, -0.15) is 0 Å². The summed E-state index contributed by atoms with van der Waals surface area (Å²) in [5.74, 6) is -0.147. The van der Waals surface area contributed by atoms with Gasteiger partial charge in [0.1, 0.15) is 0 Å². The smallest absolute Gasteiger partial charge is 0.305 e. The number of hydrogen-bond acceptors (Lipinski definition) is 5. The molecule has 50 heavy (non-hydrogen) atoms. The predicted octanol–water partition coefficient (Wildman–Crippen LogP) is 11.8.